The van der Waals surface area contributed by atoms with Crippen LogP contribution in [0.3, 0.4) is 0 Å². The Bertz CT molecular complexity index is 817. The molecular weight excluding hydrogens is 372 g/mol. The number of hydrogen-bond donors (Lipinski definition) is 0. The molecule has 8 heteroatoms. The first-order valence-corrected chi connectivity index (χ1v) is 10.0. The molecule has 0 bridgehead atoms. The Morgan fingerprint density at radius 2 is 2.17 bits per heavy atom. The SMILES string of the molecule is COC[C@H]1CC2(CCN(C(=O)c3cc(OC)no3)CC2)CN1Cc1cccnc1. The normalized spacial score (nSPS) is 21.6. The van der Waals surface area contributed by atoms with Crippen molar-refractivity contribution < 1.29 is 18.8 Å². The van der Waals surface area contributed by atoms with Crippen LogP contribution in [0.15, 0.2) is 35.1 Å². The van der Waals surface area contributed by atoms with Gasteiger partial charge in [-0.1, -0.05) is 6.07 Å². The van der Waals surface area contributed by atoms with E-state index in [4.69, 9.17) is 14.0 Å². The molecule has 2 saturated heterocycles. The van der Waals surface area contributed by atoms with E-state index >= 15 is 0 Å². The first-order chi connectivity index (χ1) is 14.1. The summed E-state index contributed by atoms with van der Waals surface area (Å²) in [5.74, 6) is 0.445. The van der Waals surface area contributed by atoms with Crippen LogP contribution >= 0.6 is 0 Å². The van der Waals surface area contributed by atoms with Crippen LogP contribution in [0.25, 0.3) is 0 Å². The smallest absolute Gasteiger partial charge is 0.292 e. The molecule has 2 aliphatic heterocycles. The van der Waals surface area contributed by atoms with Crippen LogP contribution in [0, 0.1) is 5.41 Å². The van der Waals surface area contributed by atoms with Crippen LogP contribution in [-0.2, 0) is 11.3 Å². The number of amides is 1. The van der Waals surface area contributed by atoms with Gasteiger partial charge in [0.1, 0.15) is 0 Å². The second kappa shape index (κ2) is 8.51. The maximum Gasteiger partial charge on any atom is 0.292 e. The molecule has 8 nitrogen and oxygen atoms in total. The van der Waals surface area contributed by atoms with E-state index in [1.807, 2.05) is 17.2 Å². The molecule has 0 saturated carbocycles. The largest absolute Gasteiger partial charge is 0.479 e. The van der Waals surface area contributed by atoms with Crippen molar-refractivity contribution in [3.05, 3.63) is 41.9 Å². The van der Waals surface area contributed by atoms with E-state index in [1.54, 1.807) is 19.4 Å². The fourth-order valence-electron chi connectivity index (χ4n) is 4.68. The molecule has 0 unspecified atom stereocenters. The van der Waals surface area contributed by atoms with Gasteiger partial charge in [-0.2, -0.15) is 0 Å². The molecule has 0 radical (unpaired) electrons. The zero-order valence-electron chi connectivity index (χ0n) is 17.0. The molecule has 156 valence electrons. The van der Waals surface area contributed by atoms with Crippen LogP contribution in [0.1, 0.15) is 35.4 Å². The van der Waals surface area contributed by atoms with Gasteiger partial charge in [0, 0.05) is 51.7 Å². The average molecular weight is 400 g/mol. The molecule has 2 aromatic heterocycles. The minimum Gasteiger partial charge on any atom is -0.479 e. The van der Waals surface area contributed by atoms with E-state index in [0.717, 1.165) is 52.0 Å². The topological polar surface area (TPSA) is 80.9 Å². The van der Waals surface area contributed by atoms with Crippen LogP contribution < -0.4 is 4.74 Å². The lowest BCUT2D eigenvalue weighted by Gasteiger charge is -2.39. The van der Waals surface area contributed by atoms with Gasteiger partial charge in [-0.3, -0.25) is 14.7 Å². The number of carbonyl (C=O) groups is 1. The molecule has 1 atom stereocenters. The van der Waals surface area contributed by atoms with Gasteiger partial charge in [0.25, 0.3) is 11.8 Å². The highest BCUT2D eigenvalue weighted by Crippen LogP contribution is 2.44. The zero-order chi connectivity index (χ0) is 20.3. The number of hydrogen-bond acceptors (Lipinski definition) is 7. The van der Waals surface area contributed by atoms with Crippen molar-refractivity contribution in [2.75, 3.05) is 40.5 Å². The van der Waals surface area contributed by atoms with Crippen molar-refractivity contribution in [3.63, 3.8) is 0 Å². The molecule has 1 spiro atoms. The number of methoxy groups -OCH3 is 2. The highest BCUT2D eigenvalue weighted by molar-refractivity contribution is 5.91. The number of ether oxygens (including phenoxy) is 2. The lowest BCUT2D eigenvalue weighted by Crippen LogP contribution is -2.44. The Labute approximate surface area is 170 Å². The van der Waals surface area contributed by atoms with Gasteiger partial charge in [-0.05, 0) is 41.5 Å². The molecule has 0 N–H and O–H groups in total. The number of carbonyl (C=O) groups excluding carboxylic acids is 1. The molecule has 29 heavy (non-hydrogen) atoms. The minimum absolute atomic E-state index is 0.116. The second-order valence-electron chi connectivity index (χ2n) is 8.11. The summed E-state index contributed by atoms with van der Waals surface area (Å²) < 4.78 is 15.6. The third kappa shape index (κ3) is 4.28. The monoisotopic (exact) mass is 400 g/mol. The summed E-state index contributed by atoms with van der Waals surface area (Å²) in [7, 11) is 3.27. The average Bonchev–Trinajstić information content (AvgIpc) is 3.35. The summed E-state index contributed by atoms with van der Waals surface area (Å²) in [6.07, 6.45) is 6.79. The van der Waals surface area contributed by atoms with Crippen molar-refractivity contribution in [2.45, 2.75) is 31.8 Å². The third-order valence-electron chi connectivity index (χ3n) is 6.21. The number of rotatable bonds is 6. The third-order valence-corrected chi connectivity index (χ3v) is 6.21. The lowest BCUT2D eigenvalue weighted by atomic mass is 9.76. The van der Waals surface area contributed by atoms with Gasteiger partial charge in [0.2, 0.25) is 5.76 Å². The Morgan fingerprint density at radius 1 is 1.34 bits per heavy atom. The van der Waals surface area contributed by atoms with Crippen LogP contribution in [0.4, 0.5) is 0 Å². The number of aromatic nitrogens is 2. The van der Waals surface area contributed by atoms with Gasteiger partial charge in [0.15, 0.2) is 0 Å². The summed E-state index contributed by atoms with van der Waals surface area (Å²) in [6.45, 7) is 4.07. The van der Waals surface area contributed by atoms with Gasteiger partial charge >= 0.3 is 0 Å². The minimum atomic E-state index is -0.116. The zero-order valence-corrected chi connectivity index (χ0v) is 17.0. The predicted molar refractivity (Wildman–Crippen MR) is 106 cm³/mol. The van der Waals surface area contributed by atoms with Crippen molar-refractivity contribution in [1.82, 2.24) is 19.9 Å². The summed E-state index contributed by atoms with van der Waals surface area (Å²) in [6, 6.07) is 6.04. The maximum absolute atomic E-state index is 12.7. The van der Waals surface area contributed by atoms with E-state index in [9.17, 15) is 4.79 Å². The van der Waals surface area contributed by atoms with Gasteiger partial charge in [-0.15, -0.1) is 0 Å². The standard InChI is InChI=1S/C21H28N4O4/c1-27-14-17-11-21(15-25(17)13-16-4-3-7-22-12-16)5-8-24(9-6-21)20(26)18-10-19(28-2)23-29-18/h3-4,7,10,12,17H,5-6,8-9,11,13-15H2,1-2H3/t17-/m1/s1. The maximum atomic E-state index is 12.7. The fraction of sp³-hybridized carbons (Fsp3) is 0.571. The van der Waals surface area contributed by atoms with E-state index in [2.05, 4.69) is 21.1 Å². The first-order valence-electron chi connectivity index (χ1n) is 10.0. The molecular formula is C21H28N4O4. The molecule has 0 aromatic carbocycles. The fourth-order valence-corrected chi connectivity index (χ4v) is 4.68. The van der Waals surface area contributed by atoms with Crippen LogP contribution in [0.5, 0.6) is 5.88 Å². The van der Waals surface area contributed by atoms with E-state index in [0.29, 0.717) is 11.9 Å². The number of piperidine rings is 1. The van der Waals surface area contributed by atoms with E-state index in [-0.39, 0.29) is 17.1 Å². The Morgan fingerprint density at radius 3 is 2.83 bits per heavy atom. The van der Waals surface area contributed by atoms with Gasteiger partial charge < -0.3 is 18.9 Å². The summed E-state index contributed by atoms with van der Waals surface area (Å²) in [5.41, 5.74) is 1.44. The van der Waals surface area contributed by atoms with Crippen LogP contribution in [0.2, 0.25) is 0 Å². The molecule has 1 amide bonds. The lowest BCUT2D eigenvalue weighted by molar-refractivity contribution is 0.0549. The summed E-state index contributed by atoms with van der Waals surface area (Å²) in [5, 5.41) is 3.73. The van der Waals surface area contributed by atoms with Crippen LogP contribution in [-0.4, -0.2) is 72.4 Å². The van der Waals surface area contributed by atoms with Gasteiger partial charge in [-0.25, -0.2) is 0 Å². The highest BCUT2D eigenvalue weighted by atomic mass is 16.5. The van der Waals surface area contributed by atoms with E-state index < -0.39 is 0 Å². The molecule has 2 aliphatic rings. The predicted octanol–water partition coefficient (Wildman–Crippen LogP) is 2.22. The van der Waals surface area contributed by atoms with Gasteiger partial charge in [0.05, 0.1) is 19.8 Å². The Kier molecular flexibility index (Phi) is 5.82. The number of likely N-dealkylation sites (tertiary alicyclic amines) is 2. The van der Waals surface area contributed by atoms with Crippen molar-refractivity contribution >= 4 is 5.91 Å². The molecule has 2 fully saturated rings. The Balaban J connectivity index is 1.39. The van der Waals surface area contributed by atoms with Crippen molar-refractivity contribution in [3.8, 4) is 5.88 Å². The highest BCUT2D eigenvalue weighted by Gasteiger charge is 2.46. The van der Waals surface area contributed by atoms with Crippen molar-refractivity contribution in [1.29, 1.82) is 0 Å². The number of nitrogens with zero attached hydrogens (tertiary/aromatic N) is 4. The first kappa shape index (κ1) is 19.8. The van der Waals surface area contributed by atoms with E-state index in [1.165, 1.54) is 12.7 Å². The molecule has 2 aromatic rings. The number of pyridine rings is 1. The summed E-state index contributed by atoms with van der Waals surface area (Å²) in [4.78, 5) is 21.3. The molecule has 4 rings (SSSR count). The molecule has 4 heterocycles. The summed E-state index contributed by atoms with van der Waals surface area (Å²) >= 11 is 0. The Hall–Kier alpha value is -2.45. The van der Waals surface area contributed by atoms with Crippen molar-refractivity contribution in [2.24, 2.45) is 5.41 Å². The second-order valence-corrected chi connectivity index (χ2v) is 8.11. The quantitative estimate of drug-likeness (QED) is 0.735. The molecule has 0 aliphatic carbocycles.